The van der Waals surface area contributed by atoms with E-state index in [9.17, 15) is 0 Å². The van der Waals surface area contributed by atoms with E-state index in [4.69, 9.17) is 17.3 Å². The number of hydrogen-bond acceptors (Lipinski definition) is 3. The number of nitrogens with zero attached hydrogens (tertiary/aromatic N) is 1. The predicted octanol–water partition coefficient (Wildman–Crippen LogP) is 5.08. The average Bonchev–Trinajstić information content (AvgIpc) is 3.22. The third kappa shape index (κ3) is 4.84. The maximum absolute atomic E-state index is 6.22. The highest BCUT2D eigenvalue weighted by molar-refractivity contribution is 6.30. The number of H-pyrrole nitrogens is 1. The maximum atomic E-state index is 6.22. The second-order valence-electron chi connectivity index (χ2n) is 7.78. The Morgan fingerprint density at radius 3 is 2.55 bits per heavy atom. The highest BCUT2D eigenvalue weighted by Gasteiger charge is 2.35. The van der Waals surface area contributed by atoms with Crippen LogP contribution in [0.3, 0.4) is 0 Å². The second kappa shape index (κ2) is 9.77. The van der Waals surface area contributed by atoms with Crippen LogP contribution >= 0.6 is 24.0 Å². The van der Waals surface area contributed by atoms with Crippen LogP contribution in [-0.2, 0) is 12.0 Å². The molecule has 1 fully saturated rings. The van der Waals surface area contributed by atoms with Gasteiger partial charge in [-0.05, 0) is 48.9 Å². The summed E-state index contributed by atoms with van der Waals surface area (Å²) < 4.78 is 0. The van der Waals surface area contributed by atoms with Gasteiger partial charge in [-0.15, -0.1) is 12.4 Å². The SMILES string of the molecule is Cl.NC[C@]1(c2cccc(Cl)c2)CC[C@@H](NCc2[nH]ncc2-c2ccccc2)CC1. The van der Waals surface area contributed by atoms with Crippen LogP contribution in [0.1, 0.15) is 36.9 Å². The van der Waals surface area contributed by atoms with Gasteiger partial charge in [-0.2, -0.15) is 5.10 Å². The van der Waals surface area contributed by atoms with Crippen LogP contribution in [0, 0.1) is 0 Å². The lowest BCUT2D eigenvalue weighted by Crippen LogP contribution is -2.43. The Morgan fingerprint density at radius 2 is 1.86 bits per heavy atom. The van der Waals surface area contributed by atoms with Crippen molar-refractivity contribution in [3.05, 3.63) is 77.1 Å². The van der Waals surface area contributed by atoms with E-state index in [1.807, 2.05) is 24.4 Å². The molecule has 1 aliphatic rings. The maximum Gasteiger partial charge on any atom is 0.0569 e. The molecule has 1 aliphatic carbocycles. The minimum atomic E-state index is 0. The second-order valence-corrected chi connectivity index (χ2v) is 8.21. The molecule has 1 aromatic heterocycles. The molecular formula is C23H28Cl2N4. The number of hydrogen-bond donors (Lipinski definition) is 3. The number of aromatic amines is 1. The first-order valence-corrected chi connectivity index (χ1v) is 10.4. The third-order valence-corrected chi connectivity index (χ3v) is 6.38. The highest BCUT2D eigenvalue weighted by atomic mass is 35.5. The Labute approximate surface area is 183 Å². The summed E-state index contributed by atoms with van der Waals surface area (Å²) in [5, 5.41) is 11.9. The van der Waals surface area contributed by atoms with Crippen LogP contribution in [-0.4, -0.2) is 22.8 Å². The van der Waals surface area contributed by atoms with Crippen molar-refractivity contribution in [3.63, 3.8) is 0 Å². The zero-order chi connectivity index (χ0) is 19.4. The fourth-order valence-corrected chi connectivity index (χ4v) is 4.55. The molecule has 0 radical (unpaired) electrons. The molecule has 2 aromatic carbocycles. The van der Waals surface area contributed by atoms with E-state index in [1.165, 1.54) is 16.7 Å². The summed E-state index contributed by atoms with van der Waals surface area (Å²) in [4.78, 5) is 0. The molecule has 0 saturated heterocycles. The van der Waals surface area contributed by atoms with Gasteiger partial charge < -0.3 is 11.1 Å². The van der Waals surface area contributed by atoms with Crippen molar-refractivity contribution in [2.75, 3.05) is 6.54 Å². The lowest BCUT2D eigenvalue weighted by Gasteiger charge is -2.40. The van der Waals surface area contributed by atoms with Crippen LogP contribution in [0.25, 0.3) is 11.1 Å². The van der Waals surface area contributed by atoms with Crippen LogP contribution in [0.4, 0.5) is 0 Å². The van der Waals surface area contributed by atoms with E-state index in [0.717, 1.165) is 42.9 Å². The fraction of sp³-hybridized carbons (Fsp3) is 0.348. The van der Waals surface area contributed by atoms with Gasteiger partial charge in [0.25, 0.3) is 0 Å². The first-order chi connectivity index (χ1) is 13.7. The normalized spacial score (nSPS) is 21.5. The number of halogens is 2. The number of rotatable bonds is 6. The summed E-state index contributed by atoms with van der Waals surface area (Å²) in [5.74, 6) is 0. The van der Waals surface area contributed by atoms with E-state index in [1.54, 1.807) is 0 Å². The van der Waals surface area contributed by atoms with Crippen molar-refractivity contribution in [3.8, 4) is 11.1 Å². The quantitative estimate of drug-likeness (QED) is 0.510. The van der Waals surface area contributed by atoms with Gasteiger partial charge in [0.05, 0.1) is 11.9 Å². The van der Waals surface area contributed by atoms with Crippen molar-refractivity contribution in [2.45, 2.75) is 43.7 Å². The first kappa shape index (κ1) is 21.8. The molecule has 4 nitrogen and oxygen atoms in total. The lowest BCUT2D eigenvalue weighted by atomic mass is 9.68. The minimum Gasteiger partial charge on any atom is -0.330 e. The summed E-state index contributed by atoms with van der Waals surface area (Å²) in [6.07, 6.45) is 6.29. The summed E-state index contributed by atoms with van der Waals surface area (Å²) in [7, 11) is 0. The molecule has 0 spiro atoms. The van der Waals surface area contributed by atoms with Crippen LogP contribution in [0.2, 0.25) is 5.02 Å². The monoisotopic (exact) mass is 430 g/mol. The summed E-state index contributed by atoms with van der Waals surface area (Å²) in [6.45, 7) is 1.46. The van der Waals surface area contributed by atoms with Gasteiger partial charge in [-0.1, -0.05) is 54.1 Å². The molecule has 0 bridgehead atoms. The zero-order valence-electron chi connectivity index (χ0n) is 16.4. The van der Waals surface area contributed by atoms with Gasteiger partial charge in [0, 0.05) is 35.1 Å². The van der Waals surface area contributed by atoms with Gasteiger partial charge in [0.2, 0.25) is 0 Å². The fourth-order valence-electron chi connectivity index (χ4n) is 4.36. The molecule has 0 amide bonds. The lowest BCUT2D eigenvalue weighted by molar-refractivity contribution is 0.250. The average molecular weight is 431 g/mol. The number of nitrogens with one attached hydrogen (secondary N) is 2. The third-order valence-electron chi connectivity index (χ3n) is 6.14. The van der Waals surface area contributed by atoms with Gasteiger partial charge in [0.15, 0.2) is 0 Å². The van der Waals surface area contributed by atoms with Crippen molar-refractivity contribution >= 4 is 24.0 Å². The van der Waals surface area contributed by atoms with Crippen molar-refractivity contribution in [2.24, 2.45) is 5.73 Å². The molecule has 154 valence electrons. The summed E-state index contributed by atoms with van der Waals surface area (Å²) in [6, 6.07) is 19.1. The zero-order valence-corrected chi connectivity index (χ0v) is 18.0. The summed E-state index contributed by atoms with van der Waals surface area (Å²) >= 11 is 6.22. The standard InChI is InChI=1S/C23H27ClN4.ClH/c24-19-8-4-7-18(13-19)23(16-25)11-9-20(10-12-23)26-15-22-21(14-27-28-22)17-5-2-1-3-6-17;/h1-8,13-14,20,26H,9-12,15-16,25H2,(H,27,28);1H/t20-,23+;. The Balaban J connectivity index is 0.00000240. The van der Waals surface area contributed by atoms with Crippen molar-refractivity contribution in [1.82, 2.24) is 15.5 Å². The van der Waals surface area contributed by atoms with E-state index in [-0.39, 0.29) is 17.8 Å². The molecular weight excluding hydrogens is 403 g/mol. The molecule has 1 heterocycles. The molecule has 4 rings (SSSR count). The van der Waals surface area contributed by atoms with Gasteiger partial charge in [-0.25, -0.2) is 0 Å². The highest BCUT2D eigenvalue weighted by Crippen LogP contribution is 2.39. The smallest absolute Gasteiger partial charge is 0.0569 e. The number of aromatic nitrogens is 2. The van der Waals surface area contributed by atoms with Crippen LogP contribution in [0.5, 0.6) is 0 Å². The van der Waals surface area contributed by atoms with Gasteiger partial charge in [0.1, 0.15) is 0 Å². The van der Waals surface area contributed by atoms with E-state index in [2.05, 4.69) is 51.9 Å². The van der Waals surface area contributed by atoms with Gasteiger partial charge in [-0.3, -0.25) is 5.10 Å². The Hall–Kier alpha value is -1.85. The molecule has 0 atom stereocenters. The first-order valence-electron chi connectivity index (χ1n) is 9.97. The Bertz CT molecular complexity index is 902. The largest absolute Gasteiger partial charge is 0.330 e. The number of benzene rings is 2. The molecule has 1 saturated carbocycles. The molecule has 3 aromatic rings. The predicted molar refractivity (Wildman–Crippen MR) is 123 cm³/mol. The van der Waals surface area contributed by atoms with E-state index < -0.39 is 0 Å². The topological polar surface area (TPSA) is 66.7 Å². The molecule has 29 heavy (non-hydrogen) atoms. The molecule has 0 aliphatic heterocycles. The molecule has 6 heteroatoms. The van der Waals surface area contributed by atoms with Crippen molar-refractivity contribution < 1.29 is 0 Å². The van der Waals surface area contributed by atoms with Crippen LogP contribution in [0.15, 0.2) is 60.8 Å². The van der Waals surface area contributed by atoms with Gasteiger partial charge >= 0.3 is 0 Å². The molecule has 4 N–H and O–H groups in total. The van der Waals surface area contributed by atoms with Crippen molar-refractivity contribution in [1.29, 1.82) is 0 Å². The Kier molecular flexibility index (Phi) is 7.36. The molecule has 0 unspecified atom stereocenters. The minimum absolute atomic E-state index is 0. The summed E-state index contributed by atoms with van der Waals surface area (Å²) in [5.41, 5.74) is 11.0. The Morgan fingerprint density at radius 1 is 1.10 bits per heavy atom. The van der Waals surface area contributed by atoms with E-state index in [0.29, 0.717) is 12.6 Å². The van der Waals surface area contributed by atoms with E-state index >= 15 is 0 Å². The number of nitrogens with two attached hydrogens (primary N) is 1. The van der Waals surface area contributed by atoms with Crippen LogP contribution < -0.4 is 11.1 Å².